The Labute approximate surface area is 163 Å². The molecule has 2 rings (SSSR count). The number of nitrogens with zero attached hydrogens (tertiary/aromatic N) is 1. The van der Waals surface area contributed by atoms with Crippen molar-refractivity contribution in [2.75, 3.05) is 22.1 Å². The van der Waals surface area contributed by atoms with Gasteiger partial charge in [0.2, 0.25) is 17.7 Å². The van der Waals surface area contributed by atoms with Crippen LogP contribution in [0.5, 0.6) is 0 Å². The Balaban J connectivity index is 1.99. The maximum absolute atomic E-state index is 12.2. The fourth-order valence-electron chi connectivity index (χ4n) is 2.60. The molecule has 0 radical (unpaired) electrons. The first-order valence-electron chi connectivity index (χ1n) is 8.48. The zero-order valence-electron chi connectivity index (χ0n) is 15.5. The van der Waals surface area contributed by atoms with E-state index < -0.39 is 0 Å². The lowest BCUT2D eigenvalue weighted by molar-refractivity contribution is -0.117. The molecule has 6 nitrogen and oxygen atoms in total. The summed E-state index contributed by atoms with van der Waals surface area (Å²) >= 11 is 6.04. The van der Waals surface area contributed by atoms with Gasteiger partial charge in [-0.2, -0.15) is 0 Å². The second-order valence-electron chi connectivity index (χ2n) is 6.16. The average molecular weight is 388 g/mol. The number of aryl methyl sites for hydroxylation is 1. The van der Waals surface area contributed by atoms with E-state index in [1.165, 1.54) is 13.8 Å². The standard InChI is InChI=1S/C20H22ClN3O3/c1-13-4-5-16(21)12-19(13)24(15(3)26)11-10-20(27)23-18-8-6-17(7-9-18)22-14(2)25/h4-9,12H,10-11H2,1-3H3,(H,22,25)(H,23,27). The van der Waals surface area contributed by atoms with E-state index in [4.69, 9.17) is 11.6 Å². The van der Waals surface area contributed by atoms with E-state index >= 15 is 0 Å². The zero-order chi connectivity index (χ0) is 20.0. The van der Waals surface area contributed by atoms with Gasteiger partial charge in [0, 0.05) is 48.9 Å². The Bertz CT molecular complexity index is 850. The van der Waals surface area contributed by atoms with Gasteiger partial charge in [-0.05, 0) is 48.9 Å². The number of anilines is 3. The summed E-state index contributed by atoms with van der Waals surface area (Å²) in [6.45, 7) is 5.02. The monoisotopic (exact) mass is 387 g/mol. The maximum atomic E-state index is 12.2. The van der Waals surface area contributed by atoms with Gasteiger partial charge in [-0.25, -0.2) is 0 Å². The molecule has 0 unspecified atom stereocenters. The number of carbonyl (C=O) groups is 3. The van der Waals surface area contributed by atoms with E-state index in [1.807, 2.05) is 13.0 Å². The number of hydrogen-bond donors (Lipinski definition) is 2. The molecular weight excluding hydrogens is 366 g/mol. The smallest absolute Gasteiger partial charge is 0.226 e. The number of nitrogens with one attached hydrogen (secondary N) is 2. The summed E-state index contributed by atoms with van der Waals surface area (Å²) in [7, 11) is 0. The maximum Gasteiger partial charge on any atom is 0.226 e. The fourth-order valence-corrected chi connectivity index (χ4v) is 2.76. The molecule has 2 N–H and O–H groups in total. The van der Waals surface area contributed by atoms with Crippen LogP contribution in [0.4, 0.5) is 17.1 Å². The summed E-state index contributed by atoms with van der Waals surface area (Å²) in [5.74, 6) is -0.534. The fraction of sp³-hybridized carbons (Fsp3) is 0.250. The van der Waals surface area contributed by atoms with Gasteiger partial charge in [0.1, 0.15) is 0 Å². The van der Waals surface area contributed by atoms with Crippen LogP contribution in [0.1, 0.15) is 25.8 Å². The number of benzene rings is 2. The van der Waals surface area contributed by atoms with Gasteiger partial charge in [-0.3, -0.25) is 14.4 Å². The molecule has 142 valence electrons. The Hall–Kier alpha value is -2.86. The first-order valence-corrected chi connectivity index (χ1v) is 8.86. The van der Waals surface area contributed by atoms with Gasteiger partial charge in [0.05, 0.1) is 0 Å². The van der Waals surface area contributed by atoms with Crippen LogP contribution < -0.4 is 15.5 Å². The third-order valence-electron chi connectivity index (χ3n) is 3.89. The van der Waals surface area contributed by atoms with Crippen molar-refractivity contribution < 1.29 is 14.4 Å². The van der Waals surface area contributed by atoms with E-state index in [0.29, 0.717) is 22.1 Å². The van der Waals surface area contributed by atoms with E-state index in [2.05, 4.69) is 10.6 Å². The zero-order valence-corrected chi connectivity index (χ0v) is 16.3. The van der Waals surface area contributed by atoms with Crippen LogP contribution in [0.25, 0.3) is 0 Å². The first kappa shape index (κ1) is 20.5. The second kappa shape index (κ2) is 9.19. The predicted octanol–water partition coefficient (Wildman–Crippen LogP) is 3.99. The Morgan fingerprint density at radius 3 is 2.11 bits per heavy atom. The molecule has 0 atom stereocenters. The van der Waals surface area contributed by atoms with Crippen molar-refractivity contribution in [3.63, 3.8) is 0 Å². The molecule has 7 heteroatoms. The van der Waals surface area contributed by atoms with Gasteiger partial charge >= 0.3 is 0 Å². The molecular formula is C20H22ClN3O3. The summed E-state index contributed by atoms with van der Waals surface area (Å²) in [6, 6.07) is 12.1. The molecule has 0 heterocycles. The van der Waals surface area contributed by atoms with Crippen LogP contribution >= 0.6 is 11.6 Å². The topological polar surface area (TPSA) is 78.5 Å². The molecule has 2 aromatic rings. The number of halogens is 1. The molecule has 0 aromatic heterocycles. The van der Waals surface area contributed by atoms with Crippen molar-refractivity contribution in [3.05, 3.63) is 53.1 Å². The molecule has 0 fully saturated rings. The molecule has 0 aliphatic heterocycles. The molecule has 0 bridgehead atoms. The van der Waals surface area contributed by atoms with E-state index in [0.717, 1.165) is 5.56 Å². The average Bonchev–Trinajstić information content (AvgIpc) is 2.59. The largest absolute Gasteiger partial charge is 0.326 e. The third-order valence-corrected chi connectivity index (χ3v) is 4.13. The van der Waals surface area contributed by atoms with Crippen LogP contribution in [0.15, 0.2) is 42.5 Å². The van der Waals surface area contributed by atoms with E-state index in [1.54, 1.807) is 41.3 Å². The van der Waals surface area contributed by atoms with Gasteiger partial charge in [-0.1, -0.05) is 17.7 Å². The predicted molar refractivity (Wildman–Crippen MR) is 108 cm³/mol. The van der Waals surface area contributed by atoms with Crippen LogP contribution in [0.2, 0.25) is 5.02 Å². The summed E-state index contributed by atoms with van der Waals surface area (Å²) in [5, 5.41) is 5.97. The lowest BCUT2D eigenvalue weighted by Gasteiger charge is -2.23. The minimum atomic E-state index is -0.215. The van der Waals surface area contributed by atoms with Crippen molar-refractivity contribution in [3.8, 4) is 0 Å². The highest BCUT2D eigenvalue weighted by molar-refractivity contribution is 6.31. The normalized spacial score (nSPS) is 10.2. The highest BCUT2D eigenvalue weighted by atomic mass is 35.5. The van der Waals surface area contributed by atoms with Crippen LogP contribution in [-0.4, -0.2) is 24.3 Å². The van der Waals surface area contributed by atoms with Gasteiger partial charge in [-0.15, -0.1) is 0 Å². The summed E-state index contributed by atoms with van der Waals surface area (Å²) in [6.07, 6.45) is 0.138. The van der Waals surface area contributed by atoms with Crippen LogP contribution in [0.3, 0.4) is 0 Å². The minimum absolute atomic E-state index is 0.138. The molecule has 0 saturated heterocycles. The van der Waals surface area contributed by atoms with Crippen LogP contribution in [-0.2, 0) is 14.4 Å². The lowest BCUT2D eigenvalue weighted by Crippen LogP contribution is -2.32. The Kier molecular flexibility index (Phi) is 6.96. The van der Waals surface area contributed by atoms with E-state index in [-0.39, 0.29) is 30.7 Å². The SMILES string of the molecule is CC(=O)Nc1ccc(NC(=O)CCN(C(C)=O)c2cc(Cl)ccc2C)cc1. The molecule has 0 aliphatic rings. The van der Waals surface area contributed by atoms with Gasteiger partial charge < -0.3 is 15.5 Å². The Morgan fingerprint density at radius 2 is 1.56 bits per heavy atom. The summed E-state index contributed by atoms with van der Waals surface area (Å²) in [5.41, 5.74) is 2.87. The quantitative estimate of drug-likeness (QED) is 0.786. The van der Waals surface area contributed by atoms with Crippen molar-refractivity contribution >= 4 is 46.4 Å². The number of hydrogen-bond acceptors (Lipinski definition) is 3. The number of carbonyl (C=O) groups excluding carboxylic acids is 3. The Morgan fingerprint density at radius 1 is 0.963 bits per heavy atom. The van der Waals surface area contributed by atoms with Crippen molar-refractivity contribution in [1.29, 1.82) is 0 Å². The molecule has 3 amide bonds. The molecule has 0 spiro atoms. The third kappa shape index (κ3) is 6.11. The van der Waals surface area contributed by atoms with Crippen LogP contribution in [0, 0.1) is 6.92 Å². The highest BCUT2D eigenvalue weighted by Crippen LogP contribution is 2.25. The highest BCUT2D eigenvalue weighted by Gasteiger charge is 2.16. The van der Waals surface area contributed by atoms with E-state index in [9.17, 15) is 14.4 Å². The minimum Gasteiger partial charge on any atom is -0.326 e. The summed E-state index contributed by atoms with van der Waals surface area (Å²) < 4.78 is 0. The first-order chi connectivity index (χ1) is 12.8. The molecule has 27 heavy (non-hydrogen) atoms. The number of rotatable bonds is 6. The van der Waals surface area contributed by atoms with Crippen molar-refractivity contribution in [2.45, 2.75) is 27.2 Å². The second-order valence-corrected chi connectivity index (χ2v) is 6.59. The molecule has 0 aliphatic carbocycles. The van der Waals surface area contributed by atoms with Gasteiger partial charge in [0.15, 0.2) is 0 Å². The molecule has 0 saturated carbocycles. The lowest BCUT2D eigenvalue weighted by atomic mass is 10.1. The summed E-state index contributed by atoms with van der Waals surface area (Å²) in [4.78, 5) is 36.8. The number of amides is 3. The van der Waals surface area contributed by atoms with Crippen molar-refractivity contribution in [1.82, 2.24) is 0 Å². The molecule has 2 aromatic carbocycles. The van der Waals surface area contributed by atoms with Crippen molar-refractivity contribution in [2.24, 2.45) is 0 Å². The van der Waals surface area contributed by atoms with Gasteiger partial charge in [0.25, 0.3) is 0 Å².